The van der Waals surface area contributed by atoms with Crippen molar-refractivity contribution in [2.75, 3.05) is 13.1 Å². The van der Waals surface area contributed by atoms with Crippen LogP contribution in [0.2, 0.25) is 0 Å². The van der Waals surface area contributed by atoms with Crippen LogP contribution in [0.1, 0.15) is 30.1 Å². The van der Waals surface area contributed by atoms with Gasteiger partial charge in [-0.05, 0) is 31.9 Å². The molecular weight excluding hydrogens is 324 g/mol. The van der Waals surface area contributed by atoms with E-state index in [1.54, 1.807) is 30.2 Å². The Balaban J connectivity index is 1.74. The number of nitro benzene ring substituents is 1. The lowest BCUT2D eigenvalue weighted by Crippen LogP contribution is -2.42. The molecule has 8 heteroatoms. The van der Waals surface area contributed by atoms with Crippen molar-refractivity contribution in [3.63, 3.8) is 0 Å². The fraction of sp³-hybridized carbons (Fsp3) is 0.412. The van der Waals surface area contributed by atoms with E-state index in [1.165, 1.54) is 23.0 Å². The molecule has 1 fully saturated rings. The maximum Gasteiger partial charge on any atom is 0.269 e. The Kier molecular flexibility index (Phi) is 4.80. The molecule has 1 aliphatic heterocycles. The van der Waals surface area contributed by atoms with E-state index in [-0.39, 0.29) is 17.5 Å². The van der Waals surface area contributed by atoms with Gasteiger partial charge in [-0.25, -0.2) is 4.68 Å². The third-order valence-electron chi connectivity index (χ3n) is 4.58. The van der Waals surface area contributed by atoms with E-state index >= 15 is 0 Å². The Morgan fingerprint density at radius 3 is 2.76 bits per heavy atom. The highest BCUT2D eigenvalue weighted by Gasteiger charge is 2.27. The molecule has 25 heavy (non-hydrogen) atoms. The molecule has 2 unspecified atom stereocenters. The van der Waals surface area contributed by atoms with Crippen LogP contribution in [0.15, 0.2) is 36.7 Å². The summed E-state index contributed by atoms with van der Waals surface area (Å²) in [6.07, 6.45) is 4.48. The first-order valence-electron chi connectivity index (χ1n) is 8.22. The number of carbonyl (C=O) groups is 1. The third-order valence-corrected chi connectivity index (χ3v) is 4.58. The number of aromatic nitrogens is 2. The van der Waals surface area contributed by atoms with Crippen LogP contribution in [-0.2, 0) is 0 Å². The number of rotatable bonds is 4. The fourth-order valence-corrected chi connectivity index (χ4v) is 3.07. The van der Waals surface area contributed by atoms with E-state index < -0.39 is 11.0 Å². The highest BCUT2D eigenvalue weighted by Crippen LogP contribution is 2.22. The number of hydrogen-bond donors (Lipinski definition) is 1. The van der Waals surface area contributed by atoms with Crippen LogP contribution < -0.4 is 0 Å². The Hall–Kier alpha value is -2.74. The smallest absolute Gasteiger partial charge is 0.269 e. The van der Waals surface area contributed by atoms with E-state index in [4.69, 9.17) is 0 Å². The van der Waals surface area contributed by atoms with Gasteiger partial charge in [0.15, 0.2) is 0 Å². The average Bonchev–Trinajstić information content (AvgIpc) is 3.11. The Labute approximate surface area is 144 Å². The normalized spacial score (nSPS) is 18.8. The van der Waals surface area contributed by atoms with Gasteiger partial charge in [0.25, 0.3) is 11.6 Å². The Morgan fingerprint density at radius 2 is 2.12 bits per heavy atom. The summed E-state index contributed by atoms with van der Waals surface area (Å²) in [7, 11) is 0. The van der Waals surface area contributed by atoms with Gasteiger partial charge in [-0.3, -0.25) is 14.9 Å². The molecular formula is C17H20N4O4. The lowest BCUT2D eigenvalue weighted by molar-refractivity contribution is -0.384. The van der Waals surface area contributed by atoms with Crippen LogP contribution in [0.4, 0.5) is 5.69 Å². The van der Waals surface area contributed by atoms with E-state index in [1.807, 2.05) is 0 Å². The molecule has 1 amide bonds. The summed E-state index contributed by atoms with van der Waals surface area (Å²) in [6, 6.07) is 5.97. The van der Waals surface area contributed by atoms with Gasteiger partial charge < -0.3 is 10.0 Å². The van der Waals surface area contributed by atoms with Crippen molar-refractivity contribution in [3.05, 3.63) is 52.3 Å². The number of aliphatic hydroxyl groups excluding tert-OH is 1. The summed E-state index contributed by atoms with van der Waals surface area (Å²) in [6.45, 7) is 2.97. The second kappa shape index (κ2) is 7.02. The second-order valence-electron chi connectivity index (χ2n) is 6.34. The number of non-ortho nitro benzene ring substituents is 1. The zero-order valence-corrected chi connectivity index (χ0v) is 13.9. The van der Waals surface area contributed by atoms with Gasteiger partial charge in [0.2, 0.25) is 0 Å². The molecule has 0 spiro atoms. The molecule has 0 radical (unpaired) electrons. The summed E-state index contributed by atoms with van der Waals surface area (Å²) in [4.78, 5) is 24.7. The van der Waals surface area contributed by atoms with E-state index in [9.17, 15) is 20.0 Å². The molecule has 1 N–H and O–H groups in total. The molecule has 2 heterocycles. The molecule has 2 aromatic rings. The molecule has 1 saturated heterocycles. The molecule has 0 saturated carbocycles. The van der Waals surface area contributed by atoms with Crippen LogP contribution in [0, 0.1) is 16.0 Å². The molecule has 132 valence electrons. The number of benzene rings is 1. The van der Waals surface area contributed by atoms with Gasteiger partial charge in [-0.15, -0.1) is 0 Å². The quantitative estimate of drug-likeness (QED) is 0.675. The molecule has 8 nitrogen and oxygen atoms in total. The SMILES string of the molecule is CC(O)C1CCCN(C(=O)c2cnn(-c3ccc([N+](=O)[O-])cc3)c2)C1. The third kappa shape index (κ3) is 3.69. The van der Waals surface area contributed by atoms with Crippen LogP contribution in [0.3, 0.4) is 0 Å². The molecule has 2 atom stereocenters. The van der Waals surface area contributed by atoms with Gasteiger partial charge >= 0.3 is 0 Å². The summed E-state index contributed by atoms with van der Waals surface area (Å²) in [5.41, 5.74) is 1.11. The van der Waals surface area contributed by atoms with Crippen molar-refractivity contribution in [3.8, 4) is 5.69 Å². The van der Waals surface area contributed by atoms with Crippen molar-refractivity contribution in [1.29, 1.82) is 0 Å². The maximum atomic E-state index is 12.7. The minimum Gasteiger partial charge on any atom is -0.393 e. The lowest BCUT2D eigenvalue weighted by atomic mass is 9.93. The van der Waals surface area contributed by atoms with Crippen LogP contribution in [-0.4, -0.2) is 49.8 Å². The largest absolute Gasteiger partial charge is 0.393 e. The number of hydrogen-bond acceptors (Lipinski definition) is 5. The second-order valence-corrected chi connectivity index (χ2v) is 6.34. The fourth-order valence-electron chi connectivity index (χ4n) is 3.07. The minimum atomic E-state index is -0.462. The van der Waals surface area contributed by atoms with Crippen molar-refractivity contribution in [1.82, 2.24) is 14.7 Å². The van der Waals surface area contributed by atoms with E-state index in [2.05, 4.69) is 5.10 Å². The number of carbonyl (C=O) groups excluding carboxylic acids is 1. The van der Waals surface area contributed by atoms with E-state index in [0.717, 1.165) is 12.8 Å². The number of likely N-dealkylation sites (tertiary alicyclic amines) is 1. The zero-order valence-electron chi connectivity index (χ0n) is 13.9. The predicted molar refractivity (Wildman–Crippen MR) is 90.5 cm³/mol. The summed E-state index contributed by atoms with van der Waals surface area (Å²) < 4.78 is 1.52. The predicted octanol–water partition coefficient (Wildman–Crippen LogP) is 2.01. The van der Waals surface area contributed by atoms with Gasteiger partial charge in [-0.2, -0.15) is 5.10 Å². The molecule has 1 aromatic heterocycles. The molecule has 0 aliphatic carbocycles. The Bertz CT molecular complexity index is 769. The first-order chi connectivity index (χ1) is 12.0. The molecule has 1 aromatic carbocycles. The summed E-state index contributed by atoms with van der Waals surface area (Å²) in [5, 5.41) is 24.6. The van der Waals surface area contributed by atoms with E-state index in [0.29, 0.717) is 24.3 Å². The number of amides is 1. The standard InChI is InChI=1S/C17H20N4O4/c1-12(22)13-3-2-8-19(10-13)17(23)14-9-18-20(11-14)15-4-6-16(7-5-15)21(24)25/h4-7,9,11-13,22H,2-3,8,10H2,1H3. The summed E-state index contributed by atoms with van der Waals surface area (Å²) >= 11 is 0. The number of piperidine rings is 1. The molecule has 1 aliphatic rings. The maximum absolute atomic E-state index is 12.7. The number of nitro groups is 1. The summed E-state index contributed by atoms with van der Waals surface area (Å²) in [5.74, 6) is -0.0130. The van der Waals surface area contributed by atoms with Gasteiger partial charge in [0, 0.05) is 37.3 Å². The van der Waals surface area contributed by atoms with Crippen LogP contribution in [0.5, 0.6) is 0 Å². The van der Waals surface area contributed by atoms with Crippen LogP contribution >= 0.6 is 0 Å². The monoisotopic (exact) mass is 344 g/mol. The van der Waals surface area contributed by atoms with Gasteiger partial charge in [-0.1, -0.05) is 0 Å². The van der Waals surface area contributed by atoms with Gasteiger partial charge in [0.1, 0.15) is 0 Å². The highest BCUT2D eigenvalue weighted by molar-refractivity contribution is 5.93. The lowest BCUT2D eigenvalue weighted by Gasteiger charge is -2.33. The number of nitrogens with zero attached hydrogens (tertiary/aromatic N) is 4. The molecule has 3 rings (SSSR count). The topological polar surface area (TPSA) is 102 Å². The Morgan fingerprint density at radius 1 is 1.40 bits per heavy atom. The van der Waals surface area contributed by atoms with Crippen LogP contribution in [0.25, 0.3) is 5.69 Å². The molecule has 0 bridgehead atoms. The number of aliphatic hydroxyl groups is 1. The first kappa shape index (κ1) is 17.1. The van der Waals surface area contributed by atoms with Crippen molar-refractivity contribution in [2.45, 2.75) is 25.9 Å². The highest BCUT2D eigenvalue weighted by atomic mass is 16.6. The average molecular weight is 344 g/mol. The van der Waals surface area contributed by atoms with Gasteiger partial charge in [0.05, 0.1) is 28.5 Å². The minimum absolute atomic E-state index is 0.00434. The zero-order chi connectivity index (χ0) is 18.0. The van der Waals surface area contributed by atoms with Crippen molar-refractivity contribution < 1.29 is 14.8 Å². The first-order valence-corrected chi connectivity index (χ1v) is 8.22. The van der Waals surface area contributed by atoms with Crippen molar-refractivity contribution in [2.24, 2.45) is 5.92 Å². The van der Waals surface area contributed by atoms with Crippen molar-refractivity contribution >= 4 is 11.6 Å².